The van der Waals surface area contributed by atoms with Crippen molar-refractivity contribution in [1.29, 1.82) is 0 Å². The lowest BCUT2D eigenvalue weighted by Crippen LogP contribution is -2.37. The zero-order chi connectivity index (χ0) is 17.2. The van der Waals surface area contributed by atoms with Crippen LogP contribution >= 0.6 is 0 Å². The van der Waals surface area contributed by atoms with Crippen LogP contribution in [0.3, 0.4) is 0 Å². The summed E-state index contributed by atoms with van der Waals surface area (Å²) in [6, 6.07) is 8.32. The van der Waals surface area contributed by atoms with Crippen LogP contribution in [0.5, 0.6) is 0 Å². The highest BCUT2D eigenvalue weighted by Gasteiger charge is 2.50. The summed E-state index contributed by atoms with van der Waals surface area (Å²) >= 11 is 0. The number of rotatable bonds is 2. The highest BCUT2D eigenvalue weighted by Crippen LogP contribution is 2.57. The molecule has 0 amide bonds. The molecule has 5 nitrogen and oxygen atoms in total. The van der Waals surface area contributed by atoms with Gasteiger partial charge in [-0.1, -0.05) is 19.1 Å². The van der Waals surface area contributed by atoms with Gasteiger partial charge in [0.05, 0.1) is 29.5 Å². The van der Waals surface area contributed by atoms with Crippen LogP contribution in [0.25, 0.3) is 11.0 Å². The van der Waals surface area contributed by atoms with Gasteiger partial charge in [0.1, 0.15) is 5.82 Å². The van der Waals surface area contributed by atoms with Crippen LogP contribution in [0.4, 0.5) is 5.69 Å². The van der Waals surface area contributed by atoms with Crippen molar-refractivity contribution < 1.29 is 0 Å². The van der Waals surface area contributed by atoms with Gasteiger partial charge in [-0.3, -0.25) is 4.98 Å². The Balaban J connectivity index is 1.59. The van der Waals surface area contributed by atoms with E-state index in [1.165, 1.54) is 17.5 Å². The molecule has 0 radical (unpaired) electrons. The number of aromatic nitrogens is 3. The van der Waals surface area contributed by atoms with E-state index >= 15 is 0 Å². The summed E-state index contributed by atoms with van der Waals surface area (Å²) in [6.45, 7) is 7.12. The minimum absolute atomic E-state index is 0.0975. The number of nitrogens with two attached hydrogens (primary N) is 1. The minimum atomic E-state index is 0.0975. The van der Waals surface area contributed by atoms with Gasteiger partial charge >= 0.3 is 0 Å². The van der Waals surface area contributed by atoms with E-state index in [0.29, 0.717) is 6.54 Å². The van der Waals surface area contributed by atoms with Gasteiger partial charge in [-0.15, -0.1) is 0 Å². The Morgan fingerprint density at radius 1 is 1.28 bits per heavy atom. The molecule has 0 bridgehead atoms. The lowest BCUT2D eigenvalue weighted by molar-refractivity contribution is 0.301. The molecule has 5 heteroatoms. The number of nitrogens with zero attached hydrogens (tertiary/aromatic N) is 4. The van der Waals surface area contributed by atoms with Gasteiger partial charge in [-0.05, 0) is 49.1 Å². The van der Waals surface area contributed by atoms with E-state index in [1.54, 1.807) is 4.68 Å². The van der Waals surface area contributed by atoms with Crippen molar-refractivity contribution >= 4 is 16.7 Å². The Bertz CT molecular complexity index is 1010. The quantitative estimate of drug-likeness (QED) is 0.731. The highest BCUT2D eigenvalue weighted by molar-refractivity contribution is 5.77. The van der Waals surface area contributed by atoms with Crippen molar-refractivity contribution in [2.75, 3.05) is 10.7 Å². The van der Waals surface area contributed by atoms with Crippen LogP contribution in [0, 0.1) is 6.92 Å². The van der Waals surface area contributed by atoms with Crippen molar-refractivity contribution in [3.63, 3.8) is 0 Å². The van der Waals surface area contributed by atoms with Crippen LogP contribution in [-0.4, -0.2) is 14.6 Å². The van der Waals surface area contributed by atoms with E-state index in [4.69, 9.17) is 10.8 Å². The Morgan fingerprint density at radius 2 is 2.12 bits per heavy atom. The standard InChI is InChI=1S/C20H21N5/c1-13-4-5-17-16(10-13)23-19(25(17)21)12-24-14(2)20(7-3-8-20)15-6-9-22-11-18(15)24/h4-6,9-11H,2-3,7-8,12,21H2,1H3. The number of benzene rings is 1. The van der Waals surface area contributed by atoms with E-state index in [1.807, 2.05) is 18.5 Å². The monoisotopic (exact) mass is 331 g/mol. The second kappa shape index (κ2) is 4.85. The van der Waals surface area contributed by atoms with Gasteiger partial charge in [0.2, 0.25) is 0 Å². The van der Waals surface area contributed by atoms with E-state index in [0.717, 1.165) is 41.1 Å². The second-order valence-corrected chi connectivity index (χ2v) is 7.25. The SMILES string of the molecule is C=C1N(Cc2nc3cc(C)ccc3n2N)c2cnccc2C12CCC2. The number of imidazole rings is 1. The zero-order valence-electron chi connectivity index (χ0n) is 14.4. The molecule has 1 aliphatic carbocycles. The van der Waals surface area contributed by atoms with E-state index < -0.39 is 0 Å². The fourth-order valence-electron chi connectivity index (χ4n) is 4.35. The first kappa shape index (κ1) is 14.5. The summed E-state index contributed by atoms with van der Waals surface area (Å²) in [7, 11) is 0. The lowest BCUT2D eigenvalue weighted by atomic mass is 9.64. The van der Waals surface area contributed by atoms with Gasteiger partial charge < -0.3 is 10.7 Å². The third-order valence-electron chi connectivity index (χ3n) is 5.91. The van der Waals surface area contributed by atoms with Crippen LogP contribution in [0.15, 0.2) is 48.9 Å². The number of hydrogen-bond acceptors (Lipinski definition) is 4. The first-order valence-electron chi connectivity index (χ1n) is 8.75. The molecule has 1 spiro atoms. The number of anilines is 1. The molecule has 2 N–H and O–H groups in total. The number of aryl methyl sites for hydroxylation is 1. The molecule has 126 valence electrons. The van der Waals surface area contributed by atoms with Crippen LogP contribution in [0.2, 0.25) is 0 Å². The molecule has 2 aliphatic rings. The topological polar surface area (TPSA) is 60.0 Å². The molecular weight excluding hydrogens is 310 g/mol. The Morgan fingerprint density at radius 3 is 2.88 bits per heavy atom. The number of nitrogen functional groups attached to an aromatic ring is 1. The number of fused-ring (bicyclic) bond motifs is 3. The molecule has 3 aromatic rings. The highest BCUT2D eigenvalue weighted by atomic mass is 15.3. The summed E-state index contributed by atoms with van der Waals surface area (Å²) < 4.78 is 1.70. The van der Waals surface area contributed by atoms with E-state index in [9.17, 15) is 0 Å². The van der Waals surface area contributed by atoms with E-state index in [-0.39, 0.29) is 5.41 Å². The summed E-state index contributed by atoms with van der Waals surface area (Å²) in [6.07, 6.45) is 7.41. The third kappa shape index (κ3) is 1.83. The average Bonchev–Trinajstić information content (AvgIpc) is 3.00. The molecule has 1 fully saturated rings. The van der Waals surface area contributed by atoms with Gasteiger partial charge in [0, 0.05) is 17.3 Å². The predicted octanol–water partition coefficient (Wildman–Crippen LogP) is 3.41. The van der Waals surface area contributed by atoms with Crippen molar-refractivity contribution in [3.05, 3.63) is 65.9 Å². The van der Waals surface area contributed by atoms with Gasteiger partial charge in [-0.2, -0.15) is 0 Å². The minimum Gasteiger partial charge on any atom is -0.337 e. The molecule has 2 aromatic heterocycles. The zero-order valence-corrected chi connectivity index (χ0v) is 14.4. The molecule has 1 aromatic carbocycles. The molecule has 0 saturated heterocycles. The molecule has 25 heavy (non-hydrogen) atoms. The second-order valence-electron chi connectivity index (χ2n) is 7.25. The maximum absolute atomic E-state index is 6.33. The first-order valence-corrected chi connectivity index (χ1v) is 8.75. The smallest absolute Gasteiger partial charge is 0.148 e. The fraction of sp³-hybridized carbons (Fsp3) is 0.300. The Hall–Kier alpha value is -2.82. The Kier molecular flexibility index (Phi) is 2.82. The normalized spacial score (nSPS) is 18.0. The number of pyridine rings is 1. The molecule has 0 atom stereocenters. The molecule has 1 saturated carbocycles. The summed E-state index contributed by atoms with van der Waals surface area (Å²) in [5.74, 6) is 7.17. The van der Waals surface area contributed by atoms with Crippen molar-refractivity contribution in [3.8, 4) is 0 Å². The van der Waals surface area contributed by atoms with Crippen molar-refractivity contribution in [1.82, 2.24) is 14.6 Å². The molecule has 1 aliphatic heterocycles. The summed E-state index contributed by atoms with van der Waals surface area (Å²) in [5.41, 5.74) is 6.84. The largest absolute Gasteiger partial charge is 0.337 e. The van der Waals surface area contributed by atoms with Crippen molar-refractivity contribution in [2.24, 2.45) is 0 Å². The molecular formula is C20H21N5. The molecule has 5 rings (SSSR count). The van der Waals surface area contributed by atoms with Crippen LogP contribution in [0.1, 0.15) is 36.2 Å². The Labute approximate surface area is 146 Å². The van der Waals surface area contributed by atoms with Gasteiger partial charge in [-0.25, -0.2) is 9.66 Å². The summed E-state index contributed by atoms with van der Waals surface area (Å²) in [4.78, 5) is 11.4. The maximum atomic E-state index is 6.33. The van der Waals surface area contributed by atoms with Gasteiger partial charge in [0.25, 0.3) is 0 Å². The van der Waals surface area contributed by atoms with E-state index in [2.05, 4.69) is 41.6 Å². The molecule has 3 heterocycles. The van der Waals surface area contributed by atoms with Crippen LogP contribution in [-0.2, 0) is 12.0 Å². The maximum Gasteiger partial charge on any atom is 0.148 e. The van der Waals surface area contributed by atoms with Gasteiger partial charge in [0.15, 0.2) is 0 Å². The number of allylic oxidation sites excluding steroid dienone is 1. The van der Waals surface area contributed by atoms with Crippen LogP contribution < -0.4 is 10.7 Å². The molecule has 0 unspecified atom stereocenters. The lowest BCUT2D eigenvalue weighted by Gasteiger charge is -2.40. The predicted molar refractivity (Wildman–Crippen MR) is 99.7 cm³/mol. The third-order valence-corrected chi connectivity index (χ3v) is 5.91. The average molecular weight is 331 g/mol. The van der Waals surface area contributed by atoms with Crippen molar-refractivity contribution in [2.45, 2.75) is 38.1 Å². The fourth-order valence-corrected chi connectivity index (χ4v) is 4.35. The first-order chi connectivity index (χ1) is 12.1. The number of hydrogen-bond donors (Lipinski definition) is 1. The summed E-state index contributed by atoms with van der Waals surface area (Å²) in [5, 5.41) is 0.